The van der Waals surface area contributed by atoms with Crippen molar-refractivity contribution < 1.29 is 4.79 Å². The Bertz CT molecular complexity index is 1330. The molecule has 1 N–H and O–H groups in total. The molecular formula is C30H35N5O. The van der Waals surface area contributed by atoms with E-state index < -0.39 is 0 Å². The standard InChI is InChI=1S/C30H35N5O/c1-5-23-13-15-24(16-14-23)28-27-12-9-19-33(27)29-26(20-34(28)30(36)31-18-17-21(2)3)22(4)32-35(29)25-10-7-6-8-11-25/h6-16,19,21,28H,5,17-18,20H2,1-4H3,(H,31,36). The highest BCUT2D eigenvalue weighted by Gasteiger charge is 2.35. The van der Waals surface area contributed by atoms with Crippen LogP contribution in [-0.4, -0.2) is 31.8 Å². The highest BCUT2D eigenvalue weighted by Crippen LogP contribution is 2.38. The van der Waals surface area contributed by atoms with Gasteiger partial charge in [-0.15, -0.1) is 0 Å². The number of urea groups is 1. The highest BCUT2D eigenvalue weighted by molar-refractivity contribution is 5.76. The summed E-state index contributed by atoms with van der Waals surface area (Å²) in [6, 6.07) is 22.8. The molecule has 2 aromatic carbocycles. The number of aromatic nitrogens is 3. The molecule has 4 aromatic rings. The summed E-state index contributed by atoms with van der Waals surface area (Å²) in [7, 11) is 0. The first-order chi connectivity index (χ1) is 17.5. The highest BCUT2D eigenvalue weighted by atomic mass is 16.2. The number of benzene rings is 2. The van der Waals surface area contributed by atoms with Gasteiger partial charge in [0.1, 0.15) is 5.82 Å². The Labute approximate surface area is 213 Å². The summed E-state index contributed by atoms with van der Waals surface area (Å²) in [6.45, 7) is 9.68. The molecule has 1 unspecified atom stereocenters. The summed E-state index contributed by atoms with van der Waals surface area (Å²) >= 11 is 0. The van der Waals surface area contributed by atoms with Gasteiger partial charge in [0.25, 0.3) is 0 Å². The quantitative estimate of drug-likeness (QED) is 0.357. The Hall–Kier alpha value is -3.80. The van der Waals surface area contributed by atoms with Crippen LogP contribution in [0.15, 0.2) is 72.9 Å². The molecule has 186 valence electrons. The Morgan fingerprint density at radius 3 is 2.50 bits per heavy atom. The number of amides is 2. The van der Waals surface area contributed by atoms with Gasteiger partial charge < -0.3 is 14.8 Å². The lowest BCUT2D eigenvalue weighted by atomic mass is 9.99. The summed E-state index contributed by atoms with van der Waals surface area (Å²) in [5, 5.41) is 8.12. The summed E-state index contributed by atoms with van der Waals surface area (Å²) < 4.78 is 4.22. The Morgan fingerprint density at radius 1 is 1.06 bits per heavy atom. The molecule has 0 bridgehead atoms. The minimum absolute atomic E-state index is 0.0484. The van der Waals surface area contributed by atoms with E-state index in [9.17, 15) is 4.79 Å². The Kier molecular flexibility index (Phi) is 6.68. The maximum Gasteiger partial charge on any atom is 0.318 e. The zero-order chi connectivity index (χ0) is 25.2. The molecule has 2 aromatic heterocycles. The van der Waals surface area contributed by atoms with Crippen LogP contribution in [0, 0.1) is 12.8 Å². The Balaban J connectivity index is 1.66. The van der Waals surface area contributed by atoms with E-state index in [1.54, 1.807) is 0 Å². The zero-order valence-electron chi connectivity index (χ0n) is 21.6. The fourth-order valence-electron chi connectivity index (χ4n) is 5.00. The fourth-order valence-corrected chi connectivity index (χ4v) is 5.00. The molecule has 3 heterocycles. The first-order valence-corrected chi connectivity index (χ1v) is 12.9. The SMILES string of the molecule is CCc1ccc(C2c3cccn3-c3c(c(C)nn3-c3ccccc3)CN2C(=O)NCCC(C)C)cc1. The van der Waals surface area contributed by atoms with Gasteiger partial charge in [0.2, 0.25) is 0 Å². The molecule has 6 heteroatoms. The van der Waals surface area contributed by atoms with E-state index in [-0.39, 0.29) is 12.1 Å². The molecule has 36 heavy (non-hydrogen) atoms. The predicted molar refractivity (Wildman–Crippen MR) is 144 cm³/mol. The molecule has 5 rings (SSSR count). The van der Waals surface area contributed by atoms with Crippen LogP contribution in [0.25, 0.3) is 11.5 Å². The van der Waals surface area contributed by atoms with Crippen LogP contribution in [-0.2, 0) is 13.0 Å². The second kappa shape index (κ2) is 10.1. The normalized spacial score (nSPS) is 14.9. The average Bonchev–Trinajstić information content (AvgIpc) is 3.45. The van der Waals surface area contributed by atoms with Crippen LogP contribution in [0.4, 0.5) is 4.79 Å². The van der Waals surface area contributed by atoms with Gasteiger partial charge in [0.05, 0.1) is 29.7 Å². The number of fused-ring (bicyclic) bond motifs is 3. The molecule has 0 fully saturated rings. The van der Waals surface area contributed by atoms with Crippen LogP contribution >= 0.6 is 0 Å². The van der Waals surface area contributed by atoms with Crippen molar-refractivity contribution in [3.63, 3.8) is 0 Å². The van der Waals surface area contributed by atoms with Crippen molar-refractivity contribution in [2.75, 3.05) is 6.54 Å². The van der Waals surface area contributed by atoms with Crippen molar-refractivity contribution in [2.24, 2.45) is 5.92 Å². The van der Waals surface area contributed by atoms with Gasteiger partial charge in [-0.1, -0.05) is 63.2 Å². The van der Waals surface area contributed by atoms with Crippen molar-refractivity contribution in [3.05, 3.63) is 101 Å². The van der Waals surface area contributed by atoms with Gasteiger partial charge >= 0.3 is 6.03 Å². The molecule has 1 atom stereocenters. The number of carbonyl (C=O) groups excluding carboxylic acids is 1. The van der Waals surface area contributed by atoms with Gasteiger partial charge in [-0.3, -0.25) is 0 Å². The van der Waals surface area contributed by atoms with E-state index in [1.165, 1.54) is 5.56 Å². The lowest BCUT2D eigenvalue weighted by Gasteiger charge is -2.31. The van der Waals surface area contributed by atoms with Crippen LogP contribution in [0.1, 0.15) is 61.3 Å². The minimum Gasteiger partial charge on any atom is -0.338 e. The number of hydrogen-bond acceptors (Lipinski definition) is 2. The van der Waals surface area contributed by atoms with E-state index in [2.05, 4.69) is 85.4 Å². The van der Waals surface area contributed by atoms with Crippen molar-refractivity contribution in [1.82, 2.24) is 24.6 Å². The van der Waals surface area contributed by atoms with Crippen molar-refractivity contribution in [2.45, 2.75) is 53.1 Å². The third-order valence-electron chi connectivity index (χ3n) is 7.05. The number of nitrogens with zero attached hydrogens (tertiary/aromatic N) is 4. The number of rotatable bonds is 6. The zero-order valence-corrected chi connectivity index (χ0v) is 21.6. The molecule has 0 saturated heterocycles. The third-order valence-corrected chi connectivity index (χ3v) is 7.05. The smallest absolute Gasteiger partial charge is 0.318 e. The molecular weight excluding hydrogens is 446 g/mol. The van der Waals surface area contributed by atoms with E-state index in [1.807, 2.05) is 34.7 Å². The number of nitrogens with one attached hydrogen (secondary N) is 1. The van der Waals surface area contributed by atoms with Crippen LogP contribution < -0.4 is 5.32 Å². The first kappa shape index (κ1) is 23.9. The second-order valence-electron chi connectivity index (χ2n) is 9.98. The molecule has 1 aliphatic rings. The summed E-state index contributed by atoms with van der Waals surface area (Å²) in [5.74, 6) is 1.52. The van der Waals surface area contributed by atoms with Gasteiger partial charge in [-0.2, -0.15) is 5.10 Å². The number of aryl methyl sites for hydroxylation is 2. The van der Waals surface area contributed by atoms with E-state index in [4.69, 9.17) is 5.10 Å². The maximum atomic E-state index is 13.7. The van der Waals surface area contributed by atoms with Crippen LogP contribution in [0.3, 0.4) is 0 Å². The number of hydrogen-bond donors (Lipinski definition) is 1. The van der Waals surface area contributed by atoms with Crippen molar-refractivity contribution in [1.29, 1.82) is 0 Å². The number of carbonyl (C=O) groups is 1. The van der Waals surface area contributed by atoms with Gasteiger partial charge in [-0.05, 0) is 61.1 Å². The molecule has 0 spiro atoms. The summed E-state index contributed by atoms with van der Waals surface area (Å²) in [6.07, 6.45) is 4.02. The van der Waals surface area contributed by atoms with Crippen LogP contribution in [0.5, 0.6) is 0 Å². The summed E-state index contributed by atoms with van der Waals surface area (Å²) in [5.41, 5.74) is 6.43. The lowest BCUT2D eigenvalue weighted by molar-refractivity contribution is 0.180. The summed E-state index contributed by atoms with van der Waals surface area (Å²) in [4.78, 5) is 15.7. The van der Waals surface area contributed by atoms with E-state index in [0.29, 0.717) is 19.0 Å². The third kappa shape index (κ3) is 4.43. The largest absolute Gasteiger partial charge is 0.338 e. The monoisotopic (exact) mass is 481 g/mol. The molecule has 0 aliphatic carbocycles. The fraction of sp³-hybridized carbons (Fsp3) is 0.333. The first-order valence-electron chi connectivity index (χ1n) is 12.9. The van der Waals surface area contributed by atoms with E-state index in [0.717, 1.165) is 46.9 Å². The second-order valence-corrected chi connectivity index (χ2v) is 9.98. The van der Waals surface area contributed by atoms with Crippen LogP contribution in [0.2, 0.25) is 0 Å². The molecule has 0 saturated carbocycles. The van der Waals surface area contributed by atoms with Gasteiger partial charge in [0.15, 0.2) is 0 Å². The Morgan fingerprint density at radius 2 is 1.81 bits per heavy atom. The van der Waals surface area contributed by atoms with Crippen molar-refractivity contribution >= 4 is 6.03 Å². The van der Waals surface area contributed by atoms with Crippen molar-refractivity contribution in [3.8, 4) is 11.5 Å². The van der Waals surface area contributed by atoms with Gasteiger partial charge in [0, 0.05) is 18.3 Å². The average molecular weight is 482 g/mol. The lowest BCUT2D eigenvalue weighted by Crippen LogP contribution is -2.42. The molecule has 6 nitrogen and oxygen atoms in total. The minimum atomic E-state index is -0.221. The topological polar surface area (TPSA) is 55.1 Å². The maximum absolute atomic E-state index is 13.7. The molecule has 0 radical (unpaired) electrons. The molecule has 1 aliphatic heterocycles. The van der Waals surface area contributed by atoms with E-state index >= 15 is 0 Å². The molecule has 2 amide bonds. The predicted octanol–water partition coefficient (Wildman–Crippen LogP) is 6.19. The number of para-hydroxylation sites is 1. The van der Waals surface area contributed by atoms with Gasteiger partial charge in [-0.25, -0.2) is 9.48 Å².